The summed E-state index contributed by atoms with van der Waals surface area (Å²) in [5.74, 6) is 0.771. The zero-order chi connectivity index (χ0) is 13.2. The van der Waals surface area contributed by atoms with Gasteiger partial charge in [-0.2, -0.15) is 0 Å². The molecule has 1 aliphatic rings. The number of nitrogens with one attached hydrogen (secondary N) is 1. The Bertz CT molecular complexity index is 417. The number of nitrogens with zero attached hydrogens (tertiary/aromatic N) is 2. The molecule has 0 radical (unpaired) electrons. The third-order valence-electron chi connectivity index (χ3n) is 3.88. The molecular formula is C13H19BrClN3. The van der Waals surface area contributed by atoms with E-state index < -0.39 is 0 Å². The third-order valence-corrected chi connectivity index (χ3v) is 4.60. The second kappa shape index (κ2) is 5.76. The number of halogens is 2. The van der Waals surface area contributed by atoms with Gasteiger partial charge in [0.1, 0.15) is 5.82 Å². The van der Waals surface area contributed by atoms with Crippen molar-refractivity contribution in [3.8, 4) is 0 Å². The van der Waals surface area contributed by atoms with Crippen molar-refractivity contribution in [2.75, 3.05) is 26.0 Å². The summed E-state index contributed by atoms with van der Waals surface area (Å²) < 4.78 is 0.904. The maximum Gasteiger partial charge on any atom is 0.144 e. The number of pyridine rings is 1. The highest BCUT2D eigenvalue weighted by Crippen LogP contribution is 2.34. The van der Waals surface area contributed by atoms with Gasteiger partial charge < -0.3 is 10.2 Å². The lowest BCUT2D eigenvalue weighted by Gasteiger charge is -2.36. The normalized spacial score (nSPS) is 18.3. The third kappa shape index (κ3) is 2.98. The van der Waals surface area contributed by atoms with Crippen molar-refractivity contribution in [3.63, 3.8) is 0 Å². The summed E-state index contributed by atoms with van der Waals surface area (Å²) in [6.45, 7) is 0.897. The molecule has 0 aliphatic heterocycles. The second-order valence-corrected chi connectivity index (χ2v) is 6.49. The van der Waals surface area contributed by atoms with E-state index in [1.165, 1.54) is 25.7 Å². The summed E-state index contributed by atoms with van der Waals surface area (Å²) in [5.41, 5.74) is 0.248. The van der Waals surface area contributed by atoms with Gasteiger partial charge in [0, 0.05) is 22.8 Å². The van der Waals surface area contributed by atoms with Gasteiger partial charge in [-0.05, 0) is 48.9 Å². The van der Waals surface area contributed by atoms with Gasteiger partial charge in [0.15, 0.2) is 0 Å². The van der Waals surface area contributed by atoms with Gasteiger partial charge in [-0.3, -0.25) is 0 Å². The number of rotatable bonds is 4. The van der Waals surface area contributed by atoms with Crippen LogP contribution in [0.5, 0.6) is 0 Å². The number of hydrogen-bond acceptors (Lipinski definition) is 3. The molecule has 1 aliphatic carbocycles. The highest BCUT2D eigenvalue weighted by molar-refractivity contribution is 9.10. The summed E-state index contributed by atoms with van der Waals surface area (Å²) in [6.07, 6.45) is 6.86. The fraction of sp³-hybridized carbons (Fsp3) is 0.615. The van der Waals surface area contributed by atoms with E-state index in [9.17, 15) is 0 Å². The van der Waals surface area contributed by atoms with Crippen molar-refractivity contribution < 1.29 is 0 Å². The van der Waals surface area contributed by atoms with Crippen molar-refractivity contribution in [2.45, 2.75) is 31.2 Å². The zero-order valence-electron chi connectivity index (χ0n) is 10.8. The number of likely N-dealkylation sites (N-methyl/N-ethyl adjacent to an activating group) is 1. The fourth-order valence-electron chi connectivity index (χ4n) is 2.61. The Morgan fingerprint density at radius 2 is 2.11 bits per heavy atom. The van der Waals surface area contributed by atoms with E-state index in [0.717, 1.165) is 16.8 Å². The Labute approximate surface area is 122 Å². The van der Waals surface area contributed by atoms with Crippen LogP contribution in [0.3, 0.4) is 0 Å². The molecule has 0 unspecified atom stereocenters. The fourth-order valence-corrected chi connectivity index (χ4v) is 3.30. The molecule has 1 saturated carbocycles. The molecule has 1 N–H and O–H groups in total. The monoisotopic (exact) mass is 331 g/mol. The summed E-state index contributed by atoms with van der Waals surface area (Å²) in [4.78, 5) is 6.65. The Morgan fingerprint density at radius 3 is 2.67 bits per heavy atom. The summed E-state index contributed by atoms with van der Waals surface area (Å²) in [6, 6.07) is 1.87. The maximum atomic E-state index is 6.17. The Kier molecular flexibility index (Phi) is 4.51. The van der Waals surface area contributed by atoms with Gasteiger partial charge in [0.05, 0.1) is 5.02 Å². The molecule has 0 aromatic carbocycles. The zero-order valence-corrected chi connectivity index (χ0v) is 13.2. The van der Waals surface area contributed by atoms with Crippen LogP contribution in [0, 0.1) is 0 Å². The van der Waals surface area contributed by atoms with E-state index in [4.69, 9.17) is 11.6 Å². The molecule has 0 atom stereocenters. The molecule has 3 nitrogen and oxygen atoms in total. The highest BCUT2D eigenvalue weighted by atomic mass is 79.9. The van der Waals surface area contributed by atoms with E-state index in [1.54, 1.807) is 6.20 Å². The molecule has 5 heteroatoms. The molecule has 1 fully saturated rings. The minimum atomic E-state index is 0.248. The van der Waals surface area contributed by atoms with E-state index in [2.05, 4.69) is 45.2 Å². The Morgan fingerprint density at radius 1 is 1.44 bits per heavy atom. The molecular weight excluding hydrogens is 314 g/mol. The minimum absolute atomic E-state index is 0.248. The van der Waals surface area contributed by atoms with Crippen molar-refractivity contribution >= 4 is 33.3 Å². The van der Waals surface area contributed by atoms with Crippen molar-refractivity contribution in [1.82, 2.24) is 9.88 Å². The smallest absolute Gasteiger partial charge is 0.144 e. The molecule has 1 heterocycles. The lowest BCUT2D eigenvalue weighted by Crippen LogP contribution is -2.47. The predicted molar refractivity (Wildman–Crippen MR) is 80.3 cm³/mol. The molecule has 2 rings (SSSR count). The molecule has 0 amide bonds. The molecule has 0 spiro atoms. The van der Waals surface area contributed by atoms with Crippen LogP contribution in [-0.2, 0) is 0 Å². The molecule has 1 aromatic heterocycles. The van der Waals surface area contributed by atoms with E-state index >= 15 is 0 Å². The average molecular weight is 333 g/mol. The van der Waals surface area contributed by atoms with Gasteiger partial charge in [0.2, 0.25) is 0 Å². The summed E-state index contributed by atoms with van der Waals surface area (Å²) in [7, 11) is 4.31. The molecule has 0 bridgehead atoms. The average Bonchev–Trinajstić information content (AvgIpc) is 2.78. The Balaban J connectivity index is 2.06. The first-order valence-corrected chi connectivity index (χ1v) is 7.43. The van der Waals surface area contributed by atoms with Crippen LogP contribution in [-0.4, -0.2) is 36.1 Å². The lowest BCUT2D eigenvalue weighted by atomic mass is 9.96. The van der Waals surface area contributed by atoms with Crippen molar-refractivity contribution in [1.29, 1.82) is 0 Å². The largest absolute Gasteiger partial charge is 0.367 e. The minimum Gasteiger partial charge on any atom is -0.367 e. The van der Waals surface area contributed by atoms with E-state index in [1.807, 2.05) is 6.07 Å². The van der Waals surface area contributed by atoms with Crippen LogP contribution < -0.4 is 5.32 Å². The predicted octanol–water partition coefficient (Wildman–Crippen LogP) is 3.78. The van der Waals surface area contributed by atoms with Crippen LogP contribution in [0.4, 0.5) is 5.82 Å². The maximum absolute atomic E-state index is 6.17. The van der Waals surface area contributed by atoms with E-state index in [-0.39, 0.29) is 5.54 Å². The highest BCUT2D eigenvalue weighted by Gasteiger charge is 2.35. The van der Waals surface area contributed by atoms with Gasteiger partial charge in [-0.15, -0.1) is 0 Å². The summed E-state index contributed by atoms with van der Waals surface area (Å²) >= 11 is 9.54. The Hall–Kier alpha value is -0.320. The van der Waals surface area contributed by atoms with Gasteiger partial charge in [-0.25, -0.2) is 4.98 Å². The van der Waals surface area contributed by atoms with Gasteiger partial charge in [0.25, 0.3) is 0 Å². The van der Waals surface area contributed by atoms with E-state index in [0.29, 0.717) is 5.02 Å². The molecule has 1 aromatic rings. The molecule has 0 saturated heterocycles. The van der Waals surface area contributed by atoms with Gasteiger partial charge in [-0.1, -0.05) is 24.4 Å². The van der Waals surface area contributed by atoms with Crippen LogP contribution in [0.15, 0.2) is 16.7 Å². The first kappa shape index (κ1) is 14.1. The SMILES string of the molecule is CN(C)C1(CNc2ncc(Br)cc2Cl)CCCC1. The number of hydrogen-bond donors (Lipinski definition) is 1. The van der Waals surface area contributed by atoms with Crippen molar-refractivity contribution in [3.05, 3.63) is 21.8 Å². The lowest BCUT2D eigenvalue weighted by molar-refractivity contribution is 0.172. The number of aromatic nitrogens is 1. The van der Waals surface area contributed by atoms with Gasteiger partial charge >= 0.3 is 0 Å². The van der Waals surface area contributed by atoms with Crippen LogP contribution >= 0.6 is 27.5 Å². The standard InChI is InChI=1S/C13H19BrClN3/c1-18(2)13(5-3-4-6-13)9-17-12-11(15)7-10(14)8-16-12/h7-8H,3-6,9H2,1-2H3,(H,16,17). The quantitative estimate of drug-likeness (QED) is 0.909. The van der Waals surface area contributed by atoms with Crippen LogP contribution in [0.25, 0.3) is 0 Å². The topological polar surface area (TPSA) is 28.2 Å². The van der Waals surface area contributed by atoms with Crippen LogP contribution in [0.2, 0.25) is 5.02 Å². The molecule has 100 valence electrons. The first-order chi connectivity index (χ1) is 8.53. The summed E-state index contributed by atoms with van der Waals surface area (Å²) in [5, 5.41) is 4.06. The molecule has 18 heavy (non-hydrogen) atoms. The second-order valence-electron chi connectivity index (χ2n) is 5.16. The first-order valence-electron chi connectivity index (χ1n) is 6.26. The van der Waals surface area contributed by atoms with Crippen molar-refractivity contribution in [2.24, 2.45) is 0 Å². The number of anilines is 1. The van der Waals surface area contributed by atoms with Crippen LogP contribution in [0.1, 0.15) is 25.7 Å².